The Kier molecular flexibility index (Phi) is 6.40. The van der Waals surface area contributed by atoms with Crippen LogP contribution in [0.4, 0.5) is 4.39 Å². The van der Waals surface area contributed by atoms with E-state index in [0.717, 1.165) is 3.97 Å². The van der Waals surface area contributed by atoms with E-state index < -0.39 is 32.1 Å². The normalized spacial score (nSPS) is 13.0. The van der Waals surface area contributed by atoms with Gasteiger partial charge < -0.3 is 9.84 Å². The van der Waals surface area contributed by atoms with E-state index in [1.807, 2.05) is 0 Å². The fourth-order valence-corrected chi connectivity index (χ4v) is 7.63. The number of rotatable bonds is 7. The molecule has 0 fully saturated rings. The van der Waals surface area contributed by atoms with Gasteiger partial charge in [-0.3, -0.25) is 0 Å². The van der Waals surface area contributed by atoms with Crippen molar-refractivity contribution >= 4 is 41.9 Å². The number of hydrogen-bond donors (Lipinski definition) is 1. The molecule has 6 rings (SSSR count). The molecule has 6 aromatic rings. The molecule has 4 aromatic carbocycles. The summed E-state index contributed by atoms with van der Waals surface area (Å²) in [7, 11) is -6.90. The quantitative estimate of drug-likeness (QED) is 0.286. The number of methoxy groups -OCH3 is 1. The highest BCUT2D eigenvalue weighted by Crippen LogP contribution is 2.35. The van der Waals surface area contributed by atoms with Gasteiger partial charge in [-0.1, -0.05) is 42.5 Å². The molecule has 0 aliphatic rings. The van der Waals surface area contributed by atoms with Crippen LogP contribution in [0.25, 0.3) is 21.8 Å². The molecule has 0 spiro atoms. The third kappa shape index (κ3) is 4.36. The summed E-state index contributed by atoms with van der Waals surface area (Å²) in [5.74, 6) is -0.570. The SMILES string of the molecule is COc1ccc2c(c1)cc(C(O)c1ccc3c(c1)c(F)nn3S(=O)(=O)c1ccccc1)n2S(=O)(=O)c1ccccc1. The summed E-state index contributed by atoms with van der Waals surface area (Å²) in [6, 6.07) is 25.6. The maximum Gasteiger partial charge on any atom is 0.283 e. The van der Waals surface area contributed by atoms with Gasteiger partial charge in [0.25, 0.3) is 20.0 Å². The smallest absolute Gasteiger partial charge is 0.283 e. The van der Waals surface area contributed by atoms with Crippen molar-refractivity contribution in [1.82, 2.24) is 13.2 Å². The van der Waals surface area contributed by atoms with Gasteiger partial charge in [-0.15, -0.1) is 5.10 Å². The molecule has 1 unspecified atom stereocenters. The Morgan fingerprint density at radius 1 is 0.780 bits per heavy atom. The fourth-order valence-electron chi connectivity index (χ4n) is 4.76. The lowest BCUT2D eigenvalue weighted by atomic mass is 10.0. The Morgan fingerprint density at radius 2 is 1.39 bits per heavy atom. The molecule has 1 N–H and O–H groups in total. The second-order valence-electron chi connectivity index (χ2n) is 9.21. The highest BCUT2D eigenvalue weighted by Gasteiger charge is 2.29. The first-order chi connectivity index (χ1) is 19.6. The fraction of sp³-hybridized carbons (Fsp3) is 0.0690. The molecule has 208 valence electrons. The van der Waals surface area contributed by atoms with Crippen LogP contribution in [0.3, 0.4) is 0 Å². The van der Waals surface area contributed by atoms with Crippen LogP contribution in [0.1, 0.15) is 17.4 Å². The molecule has 0 aliphatic carbocycles. The maximum atomic E-state index is 15.0. The number of ether oxygens (including phenoxy) is 1. The van der Waals surface area contributed by atoms with Crippen molar-refractivity contribution in [1.29, 1.82) is 0 Å². The zero-order chi connectivity index (χ0) is 28.9. The van der Waals surface area contributed by atoms with Gasteiger partial charge in [-0.2, -0.15) is 16.9 Å². The standard InChI is InChI=1S/C29H22FN3O6S2/c1-39-21-13-15-25-20(16-21)18-27(32(25)40(35,36)22-8-4-2-5-9-22)28(34)19-12-14-26-24(17-19)29(30)31-33(26)41(37,38)23-10-6-3-7-11-23/h2-18,28,34H,1H3. The Hall–Kier alpha value is -4.52. The molecule has 9 nitrogen and oxygen atoms in total. The molecule has 1 atom stereocenters. The second kappa shape index (κ2) is 9.84. The molecule has 2 heterocycles. The third-order valence-corrected chi connectivity index (χ3v) is 10.1. The maximum absolute atomic E-state index is 15.0. The van der Waals surface area contributed by atoms with Crippen molar-refractivity contribution in [2.24, 2.45) is 0 Å². The number of hydrogen-bond acceptors (Lipinski definition) is 7. The zero-order valence-electron chi connectivity index (χ0n) is 21.4. The first-order valence-corrected chi connectivity index (χ1v) is 15.2. The van der Waals surface area contributed by atoms with Crippen molar-refractivity contribution in [3.05, 3.63) is 120 Å². The molecular weight excluding hydrogens is 569 g/mol. The molecule has 0 saturated carbocycles. The van der Waals surface area contributed by atoms with E-state index in [0.29, 0.717) is 20.7 Å². The van der Waals surface area contributed by atoms with E-state index in [-0.39, 0.29) is 32.0 Å². The summed E-state index contributed by atoms with van der Waals surface area (Å²) in [5.41, 5.74) is 0.399. The minimum atomic E-state index is -4.20. The van der Waals surface area contributed by atoms with Crippen LogP contribution in [0.2, 0.25) is 0 Å². The average Bonchev–Trinajstić information content (AvgIpc) is 3.55. The van der Waals surface area contributed by atoms with Crippen molar-refractivity contribution in [3.8, 4) is 5.75 Å². The summed E-state index contributed by atoms with van der Waals surface area (Å²) in [6.07, 6.45) is -1.54. The van der Waals surface area contributed by atoms with Crippen molar-refractivity contribution in [2.45, 2.75) is 15.9 Å². The minimum Gasteiger partial charge on any atom is -0.497 e. The van der Waals surface area contributed by atoms with Crippen LogP contribution in [0.15, 0.2) is 113 Å². The lowest BCUT2D eigenvalue weighted by Gasteiger charge is -2.17. The van der Waals surface area contributed by atoms with Crippen LogP contribution in [0, 0.1) is 5.95 Å². The predicted octanol–water partition coefficient (Wildman–Crippen LogP) is 4.69. The first-order valence-electron chi connectivity index (χ1n) is 12.3. The van der Waals surface area contributed by atoms with Gasteiger partial charge in [-0.25, -0.2) is 12.4 Å². The van der Waals surface area contributed by atoms with Crippen LogP contribution < -0.4 is 4.74 Å². The number of benzene rings is 4. The molecule has 0 aliphatic heterocycles. The Labute approximate surface area is 234 Å². The number of aliphatic hydroxyl groups is 1. The molecule has 12 heteroatoms. The minimum absolute atomic E-state index is 0.00108. The lowest BCUT2D eigenvalue weighted by Crippen LogP contribution is -2.18. The summed E-state index contributed by atoms with van der Waals surface area (Å²) < 4.78 is 75.9. The van der Waals surface area contributed by atoms with Gasteiger partial charge >= 0.3 is 0 Å². The van der Waals surface area contributed by atoms with E-state index in [4.69, 9.17) is 4.74 Å². The van der Waals surface area contributed by atoms with Gasteiger partial charge in [-0.05, 0) is 66.2 Å². The Morgan fingerprint density at radius 3 is 2.02 bits per heavy atom. The van der Waals surface area contributed by atoms with E-state index in [1.165, 1.54) is 55.6 Å². The number of nitrogens with zero attached hydrogens (tertiary/aromatic N) is 3. The molecular formula is C29H22FN3O6S2. The van der Waals surface area contributed by atoms with Crippen molar-refractivity contribution in [2.75, 3.05) is 7.11 Å². The van der Waals surface area contributed by atoms with Gasteiger partial charge in [0, 0.05) is 5.39 Å². The monoisotopic (exact) mass is 591 g/mol. The molecule has 0 saturated heterocycles. The molecule has 41 heavy (non-hydrogen) atoms. The van der Waals surface area contributed by atoms with Crippen molar-refractivity contribution < 1.29 is 31.1 Å². The number of fused-ring (bicyclic) bond motifs is 2. The van der Waals surface area contributed by atoms with Crippen LogP contribution in [0.5, 0.6) is 5.75 Å². The number of aliphatic hydroxyl groups excluding tert-OH is 1. The Bertz CT molecular complexity index is 2140. The summed E-state index contributed by atoms with van der Waals surface area (Å²) in [6.45, 7) is 0. The Balaban J connectivity index is 1.52. The largest absolute Gasteiger partial charge is 0.497 e. The van der Waals surface area contributed by atoms with Crippen LogP contribution >= 0.6 is 0 Å². The number of aromatic nitrogens is 3. The van der Waals surface area contributed by atoms with E-state index in [1.54, 1.807) is 54.6 Å². The lowest BCUT2D eigenvalue weighted by molar-refractivity contribution is 0.215. The topological polar surface area (TPSA) is 120 Å². The molecule has 0 amide bonds. The van der Waals surface area contributed by atoms with Crippen LogP contribution in [-0.4, -0.2) is 42.2 Å². The number of halogens is 1. The van der Waals surface area contributed by atoms with E-state index >= 15 is 4.39 Å². The highest BCUT2D eigenvalue weighted by molar-refractivity contribution is 7.90. The molecule has 0 bridgehead atoms. The second-order valence-corrected chi connectivity index (χ2v) is 12.8. The highest BCUT2D eigenvalue weighted by atomic mass is 32.2. The summed E-state index contributed by atoms with van der Waals surface area (Å²) >= 11 is 0. The molecule has 0 radical (unpaired) electrons. The predicted molar refractivity (Wildman–Crippen MR) is 150 cm³/mol. The van der Waals surface area contributed by atoms with E-state index in [2.05, 4.69) is 5.10 Å². The van der Waals surface area contributed by atoms with Crippen LogP contribution in [-0.2, 0) is 20.0 Å². The summed E-state index contributed by atoms with van der Waals surface area (Å²) in [5, 5.41) is 15.5. The average molecular weight is 592 g/mol. The zero-order valence-corrected chi connectivity index (χ0v) is 23.0. The summed E-state index contributed by atoms with van der Waals surface area (Å²) in [4.78, 5) is -0.0600. The van der Waals surface area contributed by atoms with Crippen molar-refractivity contribution in [3.63, 3.8) is 0 Å². The van der Waals surface area contributed by atoms with Gasteiger partial charge in [0.1, 0.15) is 11.9 Å². The molecule has 2 aromatic heterocycles. The first kappa shape index (κ1) is 26.7. The van der Waals surface area contributed by atoms with Gasteiger partial charge in [0.2, 0.25) is 5.95 Å². The third-order valence-electron chi connectivity index (χ3n) is 6.77. The van der Waals surface area contributed by atoms with Gasteiger partial charge in [0.15, 0.2) is 0 Å². The van der Waals surface area contributed by atoms with E-state index in [9.17, 15) is 21.9 Å². The van der Waals surface area contributed by atoms with Gasteiger partial charge in [0.05, 0.1) is 39.0 Å².